The van der Waals surface area contributed by atoms with Crippen molar-refractivity contribution in [2.45, 2.75) is 11.4 Å². The minimum Gasteiger partial charge on any atom is -0.545 e. The van der Waals surface area contributed by atoms with E-state index >= 15 is 0 Å². The van der Waals surface area contributed by atoms with Gasteiger partial charge in [-0.05, 0) is 11.6 Å². The summed E-state index contributed by atoms with van der Waals surface area (Å²) in [7, 11) is 0. The van der Waals surface area contributed by atoms with E-state index in [1.165, 1.54) is 23.9 Å². The Morgan fingerprint density at radius 3 is 2.75 bits per heavy atom. The van der Waals surface area contributed by atoms with Crippen LogP contribution in [-0.4, -0.2) is 26.9 Å². The second-order valence-electron chi connectivity index (χ2n) is 5.95. The minimum absolute atomic E-state index is 0.102. The molecule has 4 rings (SSSR count). The van der Waals surface area contributed by atoms with Gasteiger partial charge in [-0.1, -0.05) is 60.3 Å². The maximum atomic E-state index is 11.0. The summed E-state index contributed by atoms with van der Waals surface area (Å²) in [6.07, 6.45) is 1.19. The molecule has 2 aromatic carbocycles. The van der Waals surface area contributed by atoms with Crippen LogP contribution in [0.1, 0.15) is 22.1 Å². The highest BCUT2D eigenvalue weighted by Gasteiger charge is 2.25. The summed E-state index contributed by atoms with van der Waals surface area (Å²) in [6.45, 7) is 3.69. The molecule has 140 valence electrons. The highest BCUT2D eigenvalue weighted by atomic mass is 32.2. The number of hydrogen-bond acceptors (Lipinski definition) is 8. The third-order valence-electron chi connectivity index (χ3n) is 4.11. The molecule has 0 spiro atoms. The number of aromatic nitrogens is 3. The Kier molecular flexibility index (Phi) is 4.94. The number of rotatable bonds is 5. The van der Waals surface area contributed by atoms with E-state index in [9.17, 15) is 9.90 Å². The molecule has 0 saturated carbocycles. The number of carboxylic acid groups (broad SMARTS) is 1. The van der Waals surface area contributed by atoms with Crippen molar-refractivity contribution >= 4 is 23.4 Å². The lowest BCUT2D eigenvalue weighted by atomic mass is 10.1. The molecular formula is C20H15N4O3S-. The number of aromatic carboxylic acids is 1. The first-order valence-electron chi connectivity index (χ1n) is 8.48. The highest BCUT2D eigenvalue weighted by molar-refractivity contribution is 7.99. The van der Waals surface area contributed by atoms with E-state index < -0.39 is 12.2 Å². The van der Waals surface area contributed by atoms with Crippen molar-refractivity contribution in [3.63, 3.8) is 0 Å². The molecule has 2 heterocycles. The number of carboxylic acids is 1. The van der Waals surface area contributed by atoms with E-state index in [4.69, 9.17) is 4.74 Å². The van der Waals surface area contributed by atoms with Gasteiger partial charge in [0.1, 0.15) is 0 Å². The summed E-state index contributed by atoms with van der Waals surface area (Å²) in [5.74, 6) is -0.213. The second-order valence-corrected chi connectivity index (χ2v) is 6.93. The van der Waals surface area contributed by atoms with Crippen LogP contribution in [0.15, 0.2) is 66.3 Å². The summed E-state index contributed by atoms with van der Waals surface area (Å²) in [5.41, 5.74) is 3.03. The number of carbonyl (C=O) groups excluding carboxylic acids is 1. The molecule has 0 aliphatic carbocycles. The predicted molar refractivity (Wildman–Crippen MR) is 104 cm³/mol. The maximum Gasteiger partial charge on any atom is 0.247 e. The van der Waals surface area contributed by atoms with Gasteiger partial charge in [-0.25, -0.2) is 0 Å². The van der Waals surface area contributed by atoms with Crippen molar-refractivity contribution < 1.29 is 14.6 Å². The molecule has 3 aromatic rings. The fourth-order valence-electron chi connectivity index (χ4n) is 2.79. The Balaban J connectivity index is 1.76. The Morgan fingerprint density at radius 2 is 2.00 bits per heavy atom. The van der Waals surface area contributed by atoms with Crippen molar-refractivity contribution in [1.82, 2.24) is 15.2 Å². The smallest absolute Gasteiger partial charge is 0.247 e. The lowest BCUT2D eigenvalue weighted by molar-refractivity contribution is -0.255. The average molecular weight is 391 g/mol. The minimum atomic E-state index is -1.22. The zero-order valence-electron chi connectivity index (χ0n) is 14.7. The van der Waals surface area contributed by atoms with Gasteiger partial charge >= 0.3 is 0 Å². The number of ether oxygens (including phenoxy) is 1. The molecule has 1 aliphatic heterocycles. The molecule has 7 nitrogen and oxygen atoms in total. The first-order valence-corrected chi connectivity index (χ1v) is 9.46. The topological polar surface area (TPSA) is 100 Å². The van der Waals surface area contributed by atoms with Crippen LogP contribution < -0.4 is 15.2 Å². The zero-order valence-corrected chi connectivity index (χ0v) is 15.5. The van der Waals surface area contributed by atoms with Crippen LogP contribution in [0.4, 0.5) is 5.69 Å². The fourth-order valence-corrected chi connectivity index (χ4v) is 3.30. The van der Waals surface area contributed by atoms with E-state index in [2.05, 4.69) is 27.1 Å². The van der Waals surface area contributed by atoms with Crippen molar-refractivity contribution in [3.05, 3.63) is 72.3 Å². The molecule has 1 atom stereocenters. The number of benzene rings is 2. The van der Waals surface area contributed by atoms with Gasteiger partial charge < -0.3 is 20.0 Å². The number of nitrogens with zero attached hydrogens (tertiary/aromatic N) is 3. The van der Waals surface area contributed by atoms with Gasteiger partial charge in [0.15, 0.2) is 11.9 Å². The summed E-state index contributed by atoms with van der Waals surface area (Å²) in [4.78, 5) is 15.5. The molecule has 0 bridgehead atoms. The predicted octanol–water partition coefficient (Wildman–Crippen LogP) is 2.68. The summed E-state index contributed by atoms with van der Waals surface area (Å²) in [5, 5.41) is 23.3. The molecule has 28 heavy (non-hydrogen) atoms. The molecular weight excluding hydrogens is 376 g/mol. The number of thioether (sulfide) groups is 1. The number of fused-ring (bicyclic) bond motifs is 3. The molecule has 0 saturated heterocycles. The van der Waals surface area contributed by atoms with Gasteiger partial charge in [0, 0.05) is 22.6 Å². The van der Waals surface area contributed by atoms with Crippen LogP contribution in [0.25, 0.3) is 11.3 Å². The third-order valence-corrected chi connectivity index (χ3v) is 4.95. The van der Waals surface area contributed by atoms with E-state index in [0.717, 1.165) is 16.8 Å². The van der Waals surface area contributed by atoms with Gasteiger partial charge in [0.05, 0.1) is 5.97 Å². The number of anilines is 1. The third kappa shape index (κ3) is 3.54. The second kappa shape index (κ2) is 7.69. The van der Waals surface area contributed by atoms with Crippen molar-refractivity contribution in [1.29, 1.82) is 0 Å². The standard InChI is InChI=1S/C20H16N4O3S/c1-2-11-28-20-22-18-16(23-24-20)14-5-3-4-6-15(14)21-17(27-18)12-7-9-13(10-8-12)19(25)26/h2-10,17,21H,1,11H2,(H,25,26)/p-1. The van der Waals surface area contributed by atoms with Crippen LogP contribution in [0.5, 0.6) is 5.88 Å². The van der Waals surface area contributed by atoms with Gasteiger partial charge in [-0.3, -0.25) is 0 Å². The Labute approximate surface area is 165 Å². The Hall–Kier alpha value is -3.39. The molecule has 0 fully saturated rings. The summed E-state index contributed by atoms with van der Waals surface area (Å²) < 4.78 is 6.12. The van der Waals surface area contributed by atoms with Crippen LogP contribution in [0.2, 0.25) is 0 Å². The first-order chi connectivity index (χ1) is 13.7. The highest BCUT2D eigenvalue weighted by Crippen LogP contribution is 2.39. The van der Waals surface area contributed by atoms with Crippen molar-refractivity contribution in [3.8, 4) is 17.1 Å². The molecule has 1 aliphatic rings. The van der Waals surface area contributed by atoms with Gasteiger partial charge in [0.25, 0.3) is 0 Å². The van der Waals surface area contributed by atoms with E-state index in [1.54, 1.807) is 18.2 Å². The van der Waals surface area contributed by atoms with Gasteiger partial charge in [-0.2, -0.15) is 4.98 Å². The Bertz CT molecular complexity index is 1040. The van der Waals surface area contributed by atoms with E-state index in [1.807, 2.05) is 24.3 Å². The maximum absolute atomic E-state index is 11.0. The van der Waals surface area contributed by atoms with Crippen molar-refractivity contribution in [2.75, 3.05) is 11.1 Å². The SMILES string of the molecule is C=CCSc1nnc2c(n1)OC(c1ccc(C(=O)[O-])cc1)Nc1ccccc1-2. The van der Waals surface area contributed by atoms with Crippen molar-refractivity contribution in [2.24, 2.45) is 0 Å². The van der Waals surface area contributed by atoms with Gasteiger partial charge in [-0.15, -0.1) is 16.8 Å². The Morgan fingerprint density at radius 1 is 1.21 bits per heavy atom. The van der Waals surface area contributed by atoms with Crippen LogP contribution in [0.3, 0.4) is 0 Å². The van der Waals surface area contributed by atoms with E-state index in [0.29, 0.717) is 22.5 Å². The monoisotopic (exact) mass is 391 g/mol. The molecule has 8 heteroatoms. The normalized spacial score (nSPS) is 14.6. The average Bonchev–Trinajstić information content (AvgIpc) is 2.88. The molecule has 1 aromatic heterocycles. The molecule has 1 unspecified atom stereocenters. The largest absolute Gasteiger partial charge is 0.545 e. The summed E-state index contributed by atoms with van der Waals surface area (Å²) in [6, 6.07) is 14.0. The number of nitrogens with one attached hydrogen (secondary N) is 1. The van der Waals surface area contributed by atoms with E-state index in [-0.39, 0.29) is 5.56 Å². The molecule has 0 amide bonds. The lowest BCUT2D eigenvalue weighted by Crippen LogP contribution is -2.22. The number of carbonyl (C=O) groups is 1. The molecule has 0 radical (unpaired) electrons. The van der Waals surface area contributed by atoms with Crippen LogP contribution in [-0.2, 0) is 0 Å². The lowest BCUT2D eigenvalue weighted by Gasteiger charge is -2.19. The van der Waals surface area contributed by atoms with Crippen LogP contribution in [0, 0.1) is 0 Å². The quantitative estimate of drug-likeness (QED) is 0.523. The zero-order chi connectivity index (χ0) is 19.5. The summed E-state index contributed by atoms with van der Waals surface area (Å²) >= 11 is 1.41. The fraction of sp³-hybridized carbons (Fsp3) is 0.100. The number of hydrogen-bond donors (Lipinski definition) is 1. The molecule has 1 N–H and O–H groups in total. The first kappa shape index (κ1) is 18.0. The van der Waals surface area contributed by atoms with Crippen LogP contribution >= 0.6 is 11.8 Å². The van der Waals surface area contributed by atoms with Gasteiger partial charge in [0.2, 0.25) is 11.0 Å². The number of para-hydroxylation sites is 1.